The Balaban J connectivity index is 1.19. The zero-order valence-electron chi connectivity index (χ0n) is 47.1. The van der Waals surface area contributed by atoms with Gasteiger partial charge in [-0.1, -0.05) is 27.7 Å². The molecular weight excluding hydrogens is 1120 g/mol. The molecule has 0 bridgehead atoms. The summed E-state index contributed by atoms with van der Waals surface area (Å²) >= 11 is 0. The van der Waals surface area contributed by atoms with Crippen molar-refractivity contribution in [3.8, 4) is 0 Å². The highest BCUT2D eigenvalue weighted by molar-refractivity contribution is 7.52. The molecule has 0 aromatic rings. The van der Waals surface area contributed by atoms with Crippen molar-refractivity contribution in [2.75, 3.05) is 92.2 Å². The van der Waals surface area contributed by atoms with E-state index in [0.29, 0.717) is 6.42 Å². The van der Waals surface area contributed by atoms with E-state index in [2.05, 4.69) is 16.0 Å². The lowest BCUT2D eigenvalue weighted by Crippen LogP contribution is -2.64. The average Bonchev–Trinajstić information content (AvgIpc) is 4.14. The van der Waals surface area contributed by atoms with Crippen LogP contribution < -0.4 is 16.0 Å². The molecule has 0 aromatic heterocycles. The van der Waals surface area contributed by atoms with E-state index in [4.69, 9.17) is 37.3 Å². The minimum Gasteiger partial charge on any atom is -0.394 e. The van der Waals surface area contributed by atoms with Crippen molar-refractivity contribution < 1.29 is 116 Å². The molecule has 12 N–H and O–H groups in total. The van der Waals surface area contributed by atoms with Gasteiger partial charge in [0.15, 0.2) is 12.6 Å². The first-order chi connectivity index (χ1) is 38.0. The number of ether oxygens (including phenoxy) is 5. The molecule has 468 valence electrons. The quantitative estimate of drug-likeness (QED) is 0.0245. The number of aliphatic hydroxyl groups excluding tert-OH is 7. The molecule has 5 aliphatic rings. The molecule has 32 heteroatoms. The summed E-state index contributed by atoms with van der Waals surface area (Å²) in [6, 6.07) is -4.47. The Morgan fingerprint density at radius 2 is 1.26 bits per heavy atom. The van der Waals surface area contributed by atoms with Gasteiger partial charge >= 0.3 is 15.4 Å². The summed E-state index contributed by atoms with van der Waals surface area (Å²) in [7, 11) is -7.91. The third-order valence-corrected chi connectivity index (χ3v) is 17.5. The van der Waals surface area contributed by atoms with Crippen LogP contribution in [0.25, 0.3) is 0 Å². The fourth-order valence-electron chi connectivity index (χ4n) is 11.4. The number of nitrogens with one attached hydrogen (secondary N) is 3. The Morgan fingerprint density at radius 1 is 0.716 bits per heavy atom. The van der Waals surface area contributed by atoms with Crippen LogP contribution in [0.15, 0.2) is 0 Å². The highest BCUT2D eigenvalue weighted by atomic mass is 31.2. The van der Waals surface area contributed by atoms with Gasteiger partial charge in [-0.2, -0.15) is 0 Å². The number of hydrogen-bond acceptors (Lipinski definition) is 23. The van der Waals surface area contributed by atoms with Crippen LogP contribution >= 0.6 is 15.4 Å². The third kappa shape index (κ3) is 20.1. The van der Waals surface area contributed by atoms with Gasteiger partial charge in [0.2, 0.25) is 29.5 Å². The molecule has 13 unspecified atom stereocenters. The van der Waals surface area contributed by atoms with Gasteiger partial charge in [-0.15, -0.1) is 0 Å². The number of nitrogens with zero attached hydrogens (tertiary/aromatic N) is 3. The van der Waals surface area contributed by atoms with E-state index in [9.17, 15) is 78.6 Å². The maximum absolute atomic E-state index is 14.0. The van der Waals surface area contributed by atoms with Crippen LogP contribution in [-0.4, -0.2) is 274 Å². The zero-order valence-corrected chi connectivity index (χ0v) is 48.9. The maximum Gasteiger partial charge on any atom is 0.472 e. The first kappa shape index (κ1) is 68.9. The molecule has 81 heavy (non-hydrogen) atoms. The minimum absolute atomic E-state index is 0.00613. The fourth-order valence-corrected chi connectivity index (χ4v) is 13.7. The predicted octanol–water partition coefficient (Wildman–Crippen LogP) is -3.52. The van der Waals surface area contributed by atoms with E-state index in [-0.39, 0.29) is 109 Å². The molecule has 0 spiro atoms. The summed E-state index contributed by atoms with van der Waals surface area (Å²) in [4.78, 5) is 90.6. The second-order valence-corrected chi connectivity index (χ2v) is 25.9. The lowest BCUT2D eigenvalue weighted by atomic mass is 9.80. The summed E-state index contributed by atoms with van der Waals surface area (Å²) in [5.41, 5.74) is -0.639. The van der Waals surface area contributed by atoms with Crippen molar-refractivity contribution >= 4 is 45.0 Å². The van der Waals surface area contributed by atoms with Gasteiger partial charge in [-0.3, -0.25) is 37.6 Å². The van der Waals surface area contributed by atoms with Crippen LogP contribution in [0.4, 0.5) is 0 Å². The lowest BCUT2D eigenvalue weighted by Gasteiger charge is -2.42. The zero-order chi connectivity index (χ0) is 60.1. The Bertz CT molecular complexity index is 2170. The van der Waals surface area contributed by atoms with E-state index in [1.165, 1.54) is 35.7 Å². The lowest BCUT2D eigenvalue weighted by molar-refractivity contribution is -0.272. The number of carbonyl (C=O) groups excluding carboxylic acids is 5. The highest BCUT2D eigenvalue weighted by Crippen LogP contribution is 2.50. The van der Waals surface area contributed by atoms with Gasteiger partial charge in [0, 0.05) is 60.0 Å². The molecule has 0 aliphatic carbocycles. The number of likely N-dealkylation sites (tertiary alicyclic amines) is 3. The van der Waals surface area contributed by atoms with Crippen LogP contribution in [0, 0.1) is 17.3 Å². The Morgan fingerprint density at radius 3 is 1.83 bits per heavy atom. The van der Waals surface area contributed by atoms with Gasteiger partial charge in [0.25, 0.3) is 0 Å². The highest BCUT2D eigenvalue weighted by Gasteiger charge is 2.48. The van der Waals surface area contributed by atoms with Crippen LogP contribution in [0.5, 0.6) is 0 Å². The molecule has 5 saturated heterocycles. The third-order valence-electron chi connectivity index (χ3n) is 15.0. The molecule has 0 saturated carbocycles. The van der Waals surface area contributed by atoms with Gasteiger partial charge in [0.1, 0.15) is 48.7 Å². The number of hydrogen-bond donors (Lipinski definition) is 12. The summed E-state index contributed by atoms with van der Waals surface area (Å²) < 4.78 is 72.3. The first-order valence-electron chi connectivity index (χ1n) is 27.4. The van der Waals surface area contributed by atoms with Crippen molar-refractivity contribution in [1.82, 2.24) is 30.7 Å². The summed E-state index contributed by atoms with van der Waals surface area (Å²) in [6.07, 6.45) is -12.3. The van der Waals surface area contributed by atoms with Crippen LogP contribution in [-0.2, 0) is 70.4 Å². The van der Waals surface area contributed by atoms with Crippen molar-refractivity contribution in [2.24, 2.45) is 17.3 Å². The summed E-state index contributed by atoms with van der Waals surface area (Å²) in [5, 5.41) is 79.4. The Labute approximate surface area is 471 Å². The molecule has 5 fully saturated rings. The van der Waals surface area contributed by atoms with Crippen molar-refractivity contribution in [3.63, 3.8) is 0 Å². The maximum atomic E-state index is 14.0. The van der Waals surface area contributed by atoms with E-state index in [1.54, 1.807) is 6.92 Å². The smallest absolute Gasteiger partial charge is 0.394 e. The van der Waals surface area contributed by atoms with Gasteiger partial charge in [-0.05, 0) is 42.9 Å². The number of amides is 5. The molecule has 19 atom stereocenters. The number of methoxy groups -OCH3 is 1. The molecule has 0 aromatic carbocycles. The Kier molecular flexibility index (Phi) is 26.3. The van der Waals surface area contributed by atoms with Crippen molar-refractivity contribution in [2.45, 2.75) is 172 Å². The largest absolute Gasteiger partial charge is 0.472 e. The van der Waals surface area contributed by atoms with E-state index >= 15 is 0 Å². The molecule has 5 rings (SSSR count). The normalized spacial score (nSPS) is 33.7. The Hall–Kier alpha value is -2.91. The van der Waals surface area contributed by atoms with Crippen LogP contribution in [0.3, 0.4) is 0 Å². The van der Waals surface area contributed by atoms with E-state index < -0.39 is 162 Å². The standard InChI is InChI=1S/C49H88N6O24P2/c1-8-38(61)54-18-34(60)12-32(54)24-75-80(68,69)26-30-11-31(53(17-30)40(63)16-50-9-10-73-47-41(51-28(3)58)45(66)43(64)36(20-56)77-47)25-76-81(70,71)79-35-13-33(23-72-7)55(19-35)39(62)15-49(5,6)14-27(2)22-74-48-42(52-29(4)59)46(67)44(65)37(21-57)78-48/h27,30-37,41-48,50,56-57,60,64-67H,8-26H2,1-7H3,(H,51,58)(H,52,59)(H,68,69)(H,70,71)/t27?,30-,31+,32+,33+,34-,35-,36?,37?,41?,42?,43?,44?,45?,46?,47?,48?/m1/s1. The second kappa shape index (κ2) is 30.9. The SMILES string of the molecule is CCC(=O)N1C[C@H](O)C[C@H]1COP(=O)(O)C[C@@H]1C[C@@H](COP(=O)(O)O[C@@H]2C[C@@H](COC)N(C(=O)CC(C)(C)CC(C)COC3OC(CO)C(O)C(O)C3NC(C)=O)C2)N(C(=O)CNCCOC2OC(CO)C(O)C(O)C2NC(C)=O)C1. The van der Waals surface area contributed by atoms with Gasteiger partial charge < -0.3 is 104 Å². The topological polar surface area (TPSA) is 421 Å². The van der Waals surface area contributed by atoms with Crippen molar-refractivity contribution in [1.29, 1.82) is 0 Å². The average molecular weight is 1210 g/mol. The molecule has 0 radical (unpaired) electrons. The van der Waals surface area contributed by atoms with Crippen LogP contribution in [0.2, 0.25) is 0 Å². The number of rotatable bonds is 30. The van der Waals surface area contributed by atoms with E-state index in [0.717, 1.165) is 0 Å². The monoisotopic (exact) mass is 1210 g/mol. The van der Waals surface area contributed by atoms with Crippen LogP contribution in [0.1, 0.15) is 80.1 Å². The first-order valence-corrected chi connectivity index (χ1v) is 30.7. The summed E-state index contributed by atoms with van der Waals surface area (Å²) in [5.74, 6) is -3.06. The molecule has 30 nitrogen and oxygen atoms in total. The second-order valence-electron chi connectivity index (χ2n) is 22.6. The van der Waals surface area contributed by atoms with Crippen molar-refractivity contribution in [3.05, 3.63) is 0 Å². The molecule has 5 amide bonds. The fraction of sp³-hybridized carbons (Fsp3) is 0.898. The predicted molar refractivity (Wildman–Crippen MR) is 281 cm³/mol. The molecule has 5 aliphatic heterocycles. The minimum atomic E-state index is -4.95. The number of aliphatic hydroxyl groups is 7. The summed E-state index contributed by atoms with van der Waals surface area (Å²) in [6.45, 7) is 6.99. The molecular formula is C49H88N6O24P2. The number of β-amino-alcohol motifs (C(OH)–C–C–N with tert-alkyl or cyclic N) is 1. The number of phosphoric ester groups is 1. The number of phosphoric acid groups is 1. The van der Waals surface area contributed by atoms with E-state index in [1.807, 2.05) is 20.8 Å². The molecule has 5 heterocycles. The van der Waals surface area contributed by atoms with Gasteiger partial charge in [0.05, 0.1) is 89.3 Å². The van der Waals surface area contributed by atoms with Gasteiger partial charge in [-0.25, -0.2) is 4.57 Å². The number of carbonyl (C=O) groups is 5.